The summed E-state index contributed by atoms with van der Waals surface area (Å²) in [6.07, 6.45) is 0.0992. The van der Waals surface area contributed by atoms with Gasteiger partial charge in [-0.3, -0.25) is 9.59 Å². The minimum atomic E-state index is -0.724. The second-order valence-corrected chi connectivity index (χ2v) is 6.77. The van der Waals surface area contributed by atoms with Crippen molar-refractivity contribution in [2.75, 3.05) is 13.1 Å². The van der Waals surface area contributed by atoms with Gasteiger partial charge in [-0.1, -0.05) is 17.3 Å². The zero-order valence-electron chi connectivity index (χ0n) is 15.1. The van der Waals surface area contributed by atoms with Crippen LogP contribution < -0.4 is 5.32 Å². The Bertz CT molecular complexity index is 802. The number of phenols is 1. The Morgan fingerprint density at radius 3 is 2.74 bits per heavy atom. The zero-order valence-corrected chi connectivity index (χ0v) is 15.1. The number of carbonyl (C=O) groups is 2. The SMILES string of the molecule is Cc1cc(CC(=O)N2C[C@H](O)C[C@H]2C(=O)NCCc2ccc(O)cc2)on1. The molecule has 2 amide bonds. The molecule has 2 aromatic rings. The van der Waals surface area contributed by atoms with Crippen LogP contribution in [0.15, 0.2) is 34.9 Å². The monoisotopic (exact) mass is 373 g/mol. The number of β-amino-alcohol motifs (C(OH)–C–C–N with tert-alkyl or cyclic N) is 1. The number of hydrogen-bond donors (Lipinski definition) is 3. The number of likely N-dealkylation sites (tertiary alicyclic amines) is 1. The Labute approximate surface area is 156 Å². The zero-order chi connectivity index (χ0) is 19.4. The topological polar surface area (TPSA) is 116 Å². The molecule has 0 spiro atoms. The molecule has 0 saturated carbocycles. The fraction of sp³-hybridized carbons (Fsp3) is 0.421. The third-order valence-electron chi connectivity index (χ3n) is 4.55. The average molecular weight is 373 g/mol. The molecular weight excluding hydrogens is 350 g/mol. The number of rotatable bonds is 6. The van der Waals surface area contributed by atoms with Gasteiger partial charge in [-0.25, -0.2) is 0 Å². The van der Waals surface area contributed by atoms with Crippen molar-refractivity contribution >= 4 is 11.8 Å². The molecule has 0 bridgehead atoms. The van der Waals surface area contributed by atoms with Crippen LogP contribution in [0.5, 0.6) is 5.75 Å². The maximum absolute atomic E-state index is 12.5. The summed E-state index contributed by atoms with van der Waals surface area (Å²) in [6, 6.07) is 7.74. The molecule has 8 heteroatoms. The molecule has 8 nitrogen and oxygen atoms in total. The Hall–Kier alpha value is -2.87. The van der Waals surface area contributed by atoms with Gasteiger partial charge in [-0.05, 0) is 31.0 Å². The number of carbonyl (C=O) groups excluding carboxylic acids is 2. The molecule has 3 N–H and O–H groups in total. The van der Waals surface area contributed by atoms with Crippen molar-refractivity contribution in [1.82, 2.24) is 15.4 Å². The molecule has 3 rings (SSSR count). The third-order valence-corrected chi connectivity index (χ3v) is 4.55. The van der Waals surface area contributed by atoms with Gasteiger partial charge in [0.15, 0.2) is 0 Å². The Balaban J connectivity index is 1.55. The number of nitrogens with one attached hydrogen (secondary N) is 1. The molecule has 1 fully saturated rings. The van der Waals surface area contributed by atoms with Gasteiger partial charge in [0.25, 0.3) is 0 Å². The molecule has 1 aliphatic heterocycles. The lowest BCUT2D eigenvalue weighted by atomic mass is 10.1. The number of aryl methyl sites for hydroxylation is 1. The summed E-state index contributed by atoms with van der Waals surface area (Å²) in [6.45, 7) is 2.29. The number of phenolic OH excluding ortho intramolecular Hbond substituents is 1. The van der Waals surface area contributed by atoms with E-state index in [0.717, 1.165) is 5.56 Å². The van der Waals surface area contributed by atoms with E-state index in [0.29, 0.717) is 24.4 Å². The van der Waals surface area contributed by atoms with Crippen molar-refractivity contribution in [3.63, 3.8) is 0 Å². The van der Waals surface area contributed by atoms with Crippen LogP contribution in [0.4, 0.5) is 0 Å². The number of benzene rings is 1. The number of aromatic hydroxyl groups is 1. The third kappa shape index (κ3) is 4.85. The molecular formula is C19H23N3O5. The molecule has 144 valence electrons. The first-order chi connectivity index (χ1) is 12.9. The predicted octanol–water partition coefficient (Wildman–Crippen LogP) is 0.552. The van der Waals surface area contributed by atoms with Crippen LogP contribution in [0.1, 0.15) is 23.4 Å². The summed E-state index contributed by atoms with van der Waals surface area (Å²) < 4.78 is 5.06. The fourth-order valence-corrected chi connectivity index (χ4v) is 3.20. The smallest absolute Gasteiger partial charge is 0.242 e. The van der Waals surface area contributed by atoms with E-state index >= 15 is 0 Å². The van der Waals surface area contributed by atoms with E-state index in [1.54, 1.807) is 37.3 Å². The number of aromatic nitrogens is 1. The Morgan fingerprint density at radius 2 is 2.07 bits per heavy atom. The number of hydrogen-bond acceptors (Lipinski definition) is 6. The van der Waals surface area contributed by atoms with Crippen molar-refractivity contribution in [2.45, 2.75) is 38.3 Å². The molecule has 0 aliphatic carbocycles. The molecule has 1 saturated heterocycles. The lowest BCUT2D eigenvalue weighted by Crippen LogP contribution is -2.46. The van der Waals surface area contributed by atoms with Crippen LogP contribution in [0.25, 0.3) is 0 Å². The fourth-order valence-electron chi connectivity index (χ4n) is 3.20. The minimum absolute atomic E-state index is 0.00481. The molecule has 1 aliphatic rings. The first kappa shape index (κ1) is 18.9. The van der Waals surface area contributed by atoms with Crippen molar-refractivity contribution in [3.05, 3.63) is 47.3 Å². The van der Waals surface area contributed by atoms with Crippen LogP contribution >= 0.6 is 0 Å². The normalized spacial score (nSPS) is 19.3. The number of amides is 2. The van der Waals surface area contributed by atoms with Crippen molar-refractivity contribution in [3.8, 4) is 5.75 Å². The maximum Gasteiger partial charge on any atom is 0.242 e. The van der Waals surface area contributed by atoms with E-state index in [1.165, 1.54) is 4.90 Å². The van der Waals surface area contributed by atoms with E-state index in [-0.39, 0.29) is 37.0 Å². The molecule has 2 heterocycles. The highest BCUT2D eigenvalue weighted by atomic mass is 16.5. The van der Waals surface area contributed by atoms with Crippen LogP contribution in [-0.2, 0) is 22.4 Å². The minimum Gasteiger partial charge on any atom is -0.508 e. The van der Waals surface area contributed by atoms with Gasteiger partial charge < -0.3 is 25.0 Å². The van der Waals surface area contributed by atoms with Crippen LogP contribution in [0.2, 0.25) is 0 Å². The molecule has 27 heavy (non-hydrogen) atoms. The second-order valence-electron chi connectivity index (χ2n) is 6.77. The van der Waals surface area contributed by atoms with E-state index < -0.39 is 12.1 Å². The van der Waals surface area contributed by atoms with Crippen molar-refractivity contribution < 1.29 is 24.3 Å². The van der Waals surface area contributed by atoms with Gasteiger partial charge >= 0.3 is 0 Å². The van der Waals surface area contributed by atoms with Crippen LogP contribution in [0.3, 0.4) is 0 Å². The molecule has 0 radical (unpaired) electrons. The van der Waals surface area contributed by atoms with Gasteiger partial charge in [0.1, 0.15) is 17.6 Å². The van der Waals surface area contributed by atoms with E-state index in [2.05, 4.69) is 10.5 Å². The summed E-state index contributed by atoms with van der Waals surface area (Å²) in [5.41, 5.74) is 1.66. The van der Waals surface area contributed by atoms with Crippen LogP contribution in [0, 0.1) is 6.92 Å². The standard InChI is InChI=1S/C19H23N3O5/c1-12-8-16(27-21-12)10-18(25)22-11-15(24)9-17(22)19(26)20-7-6-13-2-4-14(23)5-3-13/h2-5,8,15,17,23-24H,6-7,9-11H2,1H3,(H,20,26)/t15-,17+/m1/s1. The first-order valence-corrected chi connectivity index (χ1v) is 8.87. The van der Waals surface area contributed by atoms with Gasteiger partial charge in [0.05, 0.1) is 18.2 Å². The maximum atomic E-state index is 12.5. The van der Waals surface area contributed by atoms with E-state index in [1.807, 2.05) is 0 Å². The summed E-state index contributed by atoms with van der Waals surface area (Å²) in [4.78, 5) is 26.5. The highest BCUT2D eigenvalue weighted by Gasteiger charge is 2.38. The van der Waals surface area contributed by atoms with Gasteiger partial charge in [0.2, 0.25) is 11.8 Å². The lowest BCUT2D eigenvalue weighted by Gasteiger charge is -2.23. The van der Waals surface area contributed by atoms with Crippen molar-refractivity contribution in [1.29, 1.82) is 0 Å². The molecule has 1 aromatic heterocycles. The Kier molecular flexibility index (Phi) is 5.75. The second kappa shape index (κ2) is 8.22. The van der Waals surface area contributed by atoms with E-state index in [4.69, 9.17) is 4.52 Å². The first-order valence-electron chi connectivity index (χ1n) is 8.87. The summed E-state index contributed by atoms with van der Waals surface area (Å²) in [5.74, 6) is 0.0676. The summed E-state index contributed by atoms with van der Waals surface area (Å²) >= 11 is 0. The van der Waals surface area contributed by atoms with Crippen molar-refractivity contribution in [2.24, 2.45) is 0 Å². The summed E-state index contributed by atoms with van der Waals surface area (Å²) in [7, 11) is 0. The molecule has 2 atom stereocenters. The van der Waals surface area contributed by atoms with Gasteiger partial charge in [0, 0.05) is 25.6 Å². The molecule has 1 aromatic carbocycles. The molecule has 0 unspecified atom stereocenters. The van der Waals surface area contributed by atoms with Gasteiger partial charge in [-0.15, -0.1) is 0 Å². The largest absolute Gasteiger partial charge is 0.508 e. The number of aliphatic hydroxyl groups is 1. The highest BCUT2D eigenvalue weighted by molar-refractivity contribution is 5.89. The predicted molar refractivity (Wildman–Crippen MR) is 95.9 cm³/mol. The van der Waals surface area contributed by atoms with Gasteiger partial charge in [-0.2, -0.15) is 0 Å². The van der Waals surface area contributed by atoms with Crippen LogP contribution in [-0.4, -0.2) is 57.3 Å². The number of aliphatic hydroxyl groups excluding tert-OH is 1. The quantitative estimate of drug-likeness (QED) is 0.681. The summed E-state index contributed by atoms with van der Waals surface area (Å²) in [5, 5.41) is 25.8. The number of nitrogens with zero attached hydrogens (tertiary/aromatic N) is 2. The lowest BCUT2D eigenvalue weighted by molar-refractivity contribution is -0.138. The Morgan fingerprint density at radius 1 is 1.33 bits per heavy atom. The highest BCUT2D eigenvalue weighted by Crippen LogP contribution is 2.20. The average Bonchev–Trinajstić information content (AvgIpc) is 3.22. The van der Waals surface area contributed by atoms with E-state index in [9.17, 15) is 19.8 Å².